The average molecular weight is 314 g/mol. The molecule has 0 fully saturated rings. The number of amides is 1. The van der Waals surface area contributed by atoms with Gasteiger partial charge >= 0.3 is 6.01 Å². The molecule has 1 N–H and O–H groups in total. The van der Waals surface area contributed by atoms with Crippen LogP contribution in [0, 0.1) is 5.82 Å². The number of benzene rings is 1. The van der Waals surface area contributed by atoms with Crippen LogP contribution in [0.15, 0.2) is 28.7 Å². The Bertz CT molecular complexity index is 554. The van der Waals surface area contributed by atoms with Crippen molar-refractivity contribution < 1.29 is 13.6 Å². The number of aromatic nitrogens is 2. The summed E-state index contributed by atoms with van der Waals surface area (Å²) in [4.78, 5) is 11.0. The third-order valence-electron chi connectivity index (χ3n) is 2.11. The Balaban J connectivity index is 2.15. The highest BCUT2D eigenvalue weighted by molar-refractivity contribution is 9.10. The maximum atomic E-state index is 12.7. The zero-order valence-electron chi connectivity index (χ0n) is 9.35. The van der Waals surface area contributed by atoms with Crippen LogP contribution >= 0.6 is 15.9 Å². The first-order valence-electron chi connectivity index (χ1n) is 5.10. The summed E-state index contributed by atoms with van der Waals surface area (Å²) in [5.41, 5.74) is 0.580. The Morgan fingerprint density at radius 3 is 2.67 bits per heavy atom. The van der Waals surface area contributed by atoms with Gasteiger partial charge in [0, 0.05) is 5.56 Å². The van der Waals surface area contributed by atoms with Crippen LogP contribution in [0.1, 0.15) is 6.92 Å². The Hall–Kier alpha value is -1.76. The minimum absolute atomic E-state index is 0.00521. The molecular weight excluding hydrogens is 305 g/mol. The molecule has 2 aromatic rings. The van der Waals surface area contributed by atoms with Crippen LogP contribution in [0.5, 0.6) is 0 Å². The van der Waals surface area contributed by atoms with Gasteiger partial charge in [0.05, 0.1) is 4.83 Å². The van der Waals surface area contributed by atoms with Crippen molar-refractivity contribution in [1.29, 1.82) is 0 Å². The maximum Gasteiger partial charge on any atom is 0.322 e. The van der Waals surface area contributed by atoms with E-state index in [0.717, 1.165) is 0 Å². The molecule has 2 rings (SSSR count). The lowest BCUT2D eigenvalue weighted by Crippen LogP contribution is -2.19. The zero-order chi connectivity index (χ0) is 13.1. The molecule has 1 aromatic heterocycles. The van der Waals surface area contributed by atoms with Gasteiger partial charge in [-0.25, -0.2) is 4.39 Å². The summed E-state index contributed by atoms with van der Waals surface area (Å²) in [5.74, 6) is -0.420. The Morgan fingerprint density at radius 1 is 1.39 bits per heavy atom. The normalized spacial score (nSPS) is 12.2. The van der Waals surface area contributed by atoms with Gasteiger partial charge in [0.25, 0.3) is 0 Å². The maximum absolute atomic E-state index is 12.7. The molecule has 1 heterocycles. The van der Waals surface area contributed by atoms with Crippen molar-refractivity contribution in [3.05, 3.63) is 30.1 Å². The van der Waals surface area contributed by atoms with E-state index in [2.05, 4.69) is 31.4 Å². The lowest BCUT2D eigenvalue weighted by atomic mass is 10.2. The van der Waals surface area contributed by atoms with Crippen LogP contribution < -0.4 is 5.32 Å². The lowest BCUT2D eigenvalue weighted by molar-refractivity contribution is -0.115. The number of nitrogens with zero attached hydrogens (tertiary/aromatic N) is 2. The monoisotopic (exact) mass is 313 g/mol. The molecule has 94 valence electrons. The highest BCUT2D eigenvalue weighted by Crippen LogP contribution is 2.20. The Labute approximate surface area is 111 Å². The molecule has 0 bridgehead atoms. The van der Waals surface area contributed by atoms with E-state index in [1.165, 1.54) is 24.3 Å². The molecule has 0 saturated heterocycles. The standard InChI is InChI=1S/C11H9BrFN3O2/c1-6(12)9(17)14-11-16-15-10(18-11)7-2-4-8(13)5-3-7/h2-6H,1H3,(H,14,16,17). The van der Waals surface area contributed by atoms with Gasteiger partial charge in [-0.2, -0.15) is 0 Å². The summed E-state index contributed by atoms with van der Waals surface area (Å²) in [6, 6.07) is 5.62. The predicted octanol–water partition coefficient (Wildman–Crippen LogP) is 2.60. The van der Waals surface area contributed by atoms with E-state index in [1.807, 2.05) is 0 Å². The van der Waals surface area contributed by atoms with E-state index in [0.29, 0.717) is 5.56 Å². The minimum atomic E-state index is -0.362. The van der Waals surface area contributed by atoms with Crippen molar-refractivity contribution in [2.24, 2.45) is 0 Å². The van der Waals surface area contributed by atoms with Gasteiger partial charge in [-0.15, -0.1) is 5.10 Å². The van der Waals surface area contributed by atoms with Crippen molar-refractivity contribution in [1.82, 2.24) is 10.2 Å². The van der Waals surface area contributed by atoms with Crippen LogP contribution in [-0.4, -0.2) is 20.9 Å². The molecule has 1 atom stereocenters. The first kappa shape index (κ1) is 12.7. The molecule has 0 aliphatic heterocycles. The van der Waals surface area contributed by atoms with Gasteiger partial charge in [0.2, 0.25) is 11.8 Å². The second-order valence-corrected chi connectivity index (χ2v) is 4.90. The molecule has 0 aliphatic rings. The first-order chi connectivity index (χ1) is 8.56. The Morgan fingerprint density at radius 2 is 2.06 bits per heavy atom. The molecule has 1 amide bonds. The number of nitrogens with one attached hydrogen (secondary N) is 1. The van der Waals surface area contributed by atoms with Crippen molar-refractivity contribution >= 4 is 27.9 Å². The molecular formula is C11H9BrFN3O2. The van der Waals surface area contributed by atoms with Gasteiger partial charge in [-0.3, -0.25) is 10.1 Å². The summed E-state index contributed by atoms with van der Waals surface area (Å²) >= 11 is 3.11. The fraction of sp³-hybridized carbons (Fsp3) is 0.182. The average Bonchev–Trinajstić information content (AvgIpc) is 2.78. The minimum Gasteiger partial charge on any atom is -0.403 e. The number of rotatable bonds is 3. The van der Waals surface area contributed by atoms with E-state index >= 15 is 0 Å². The van der Waals surface area contributed by atoms with Gasteiger partial charge in [-0.05, 0) is 31.2 Å². The van der Waals surface area contributed by atoms with E-state index in [1.54, 1.807) is 6.92 Å². The van der Waals surface area contributed by atoms with Crippen LogP contribution in [0.2, 0.25) is 0 Å². The van der Waals surface area contributed by atoms with E-state index < -0.39 is 0 Å². The molecule has 0 radical (unpaired) electrons. The summed E-state index contributed by atoms with van der Waals surface area (Å²) < 4.78 is 18.0. The summed E-state index contributed by atoms with van der Waals surface area (Å²) in [7, 11) is 0. The second kappa shape index (κ2) is 5.26. The van der Waals surface area contributed by atoms with Crippen molar-refractivity contribution in [3.63, 3.8) is 0 Å². The lowest BCUT2D eigenvalue weighted by Gasteiger charge is -2.00. The summed E-state index contributed by atoms with van der Waals surface area (Å²) in [5, 5.41) is 9.88. The van der Waals surface area contributed by atoms with Gasteiger partial charge < -0.3 is 4.42 Å². The smallest absolute Gasteiger partial charge is 0.322 e. The number of carbonyl (C=O) groups is 1. The number of anilines is 1. The van der Waals surface area contributed by atoms with Gasteiger partial charge in [-0.1, -0.05) is 21.0 Å². The fourth-order valence-electron chi connectivity index (χ4n) is 1.19. The highest BCUT2D eigenvalue weighted by atomic mass is 79.9. The summed E-state index contributed by atoms with van der Waals surface area (Å²) in [6.45, 7) is 1.67. The molecule has 0 aliphatic carbocycles. The molecule has 5 nitrogen and oxygen atoms in total. The van der Waals surface area contributed by atoms with Crippen molar-refractivity contribution in [2.45, 2.75) is 11.8 Å². The molecule has 18 heavy (non-hydrogen) atoms. The number of carbonyl (C=O) groups excluding carboxylic acids is 1. The topological polar surface area (TPSA) is 68.0 Å². The second-order valence-electron chi connectivity index (χ2n) is 3.52. The van der Waals surface area contributed by atoms with E-state index in [-0.39, 0.29) is 28.5 Å². The largest absolute Gasteiger partial charge is 0.403 e. The number of alkyl halides is 1. The van der Waals surface area contributed by atoms with Crippen LogP contribution in [0.3, 0.4) is 0 Å². The Kier molecular flexibility index (Phi) is 3.71. The zero-order valence-corrected chi connectivity index (χ0v) is 10.9. The van der Waals surface area contributed by atoms with Gasteiger partial charge in [0.15, 0.2) is 0 Å². The van der Waals surface area contributed by atoms with Crippen LogP contribution in [-0.2, 0) is 4.79 Å². The third kappa shape index (κ3) is 2.92. The third-order valence-corrected chi connectivity index (χ3v) is 2.52. The number of hydrogen-bond donors (Lipinski definition) is 1. The quantitative estimate of drug-likeness (QED) is 0.884. The predicted molar refractivity (Wildman–Crippen MR) is 66.7 cm³/mol. The molecule has 0 saturated carbocycles. The first-order valence-corrected chi connectivity index (χ1v) is 6.02. The fourth-order valence-corrected chi connectivity index (χ4v) is 1.30. The van der Waals surface area contributed by atoms with E-state index in [9.17, 15) is 9.18 Å². The highest BCUT2D eigenvalue weighted by Gasteiger charge is 2.14. The van der Waals surface area contributed by atoms with Crippen LogP contribution in [0.25, 0.3) is 11.5 Å². The molecule has 7 heteroatoms. The van der Waals surface area contributed by atoms with E-state index in [4.69, 9.17) is 4.42 Å². The molecule has 1 aromatic carbocycles. The van der Waals surface area contributed by atoms with Crippen LogP contribution in [0.4, 0.5) is 10.4 Å². The SMILES string of the molecule is CC(Br)C(=O)Nc1nnc(-c2ccc(F)cc2)o1. The van der Waals surface area contributed by atoms with Crippen molar-refractivity contribution in [3.8, 4) is 11.5 Å². The van der Waals surface area contributed by atoms with Crippen molar-refractivity contribution in [2.75, 3.05) is 5.32 Å². The number of halogens is 2. The summed E-state index contributed by atoms with van der Waals surface area (Å²) in [6.07, 6.45) is 0. The molecule has 0 spiro atoms. The van der Waals surface area contributed by atoms with Gasteiger partial charge in [0.1, 0.15) is 5.82 Å². The molecule has 1 unspecified atom stereocenters. The number of hydrogen-bond acceptors (Lipinski definition) is 4.